The molecule has 0 saturated heterocycles. The second-order valence-corrected chi connectivity index (χ2v) is 23.1. The van der Waals surface area contributed by atoms with E-state index >= 15 is 0 Å². The highest BCUT2D eigenvalue weighted by Gasteiger charge is 2.26. The third-order valence-corrected chi connectivity index (χ3v) is 18.1. The minimum Gasteiger partial charge on any atom is -0.456 e. The lowest BCUT2D eigenvalue weighted by Gasteiger charge is -2.30. The first-order valence-electron chi connectivity index (χ1n) is 29.6. The zero-order valence-corrected chi connectivity index (χ0v) is 46.8. The second kappa shape index (κ2) is 18.5. The molecule has 19 rings (SSSR count). The summed E-state index contributed by atoms with van der Waals surface area (Å²) in [7, 11) is 0. The van der Waals surface area contributed by atoms with Crippen molar-refractivity contribution in [3.8, 4) is 11.1 Å². The van der Waals surface area contributed by atoms with E-state index in [1.54, 1.807) is 0 Å². The molecule has 5 heterocycles. The molecular formula is C80H48N2O5. The first-order chi connectivity index (χ1) is 43.0. The minimum atomic E-state index is 0.764. The molecule has 18 aromatic rings. The van der Waals surface area contributed by atoms with Gasteiger partial charge in [-0.3, -0.25) is 0 Å². The summed E-state index contributed by atoms with van der Waals surface area (Å²) in [5.41, 5.74) is 18.9. The normalized spacial score (nSPS) is 13.1. The van der Waals surface area contributed by atoms with Gasteiger partial charge in [-0.1, -0.05) is 152 Å². The average molecular weight is 1120 g/mol. The summed E-state index contributed by atoms with van der Waals surface area (Å²) in [4.78, 5) is 4.63. The van der Waals surface area contributed by atoms with Crippen LogP contribution in [0, 0.1) is 0 Å². The van der Waals surface area contributed by atoms with E-state index in [-0.39, 0.29) is 0 Å². The third-order valence-electron chi connectivity index (χ3n) is 18.1. The number of para-hydroxylation sites is 4. The molecule has 0 aliphatic heterocycles. The molecule has 1 aliphatic rings. The van der Waals surface area contributed by atoms with Crippen LogP contribution in [0.4, 0.5) is 28.4 Å². The summed E-state index contributed by atoms with van der Waals surface area (Å²) in [5, 5.41) is 15.1. The van der Waals surface area contributed by atoms with Crippen LogP contribution in [0.15, 0.2) is 295 Å². The minimum absolute atomic E-state index is 0.764. The Morgan fingerprint density at radius 3 is 1.22 bits per heavy atom. The molecule has 0 unspecified atom stereocenters. The highest BCUT2D eigenvalue weighted by molar-refractivity contribution is 6.20. The average Bonchev–Trinajstić information content (AvgIpc) is 2.30. The quantitative estimate of drug-likeness (QED) is 0.150. The van der Waals surface area contributed by atoms with Crippen LogP contribution in [0.5, 0.6) is 0 Å². The molecule has 7 heteroatoms. The van der Waals surface area contributed by atoms with Crippen molar-refractivity contribution in [1.29, 1.82) is 0 Å². The third kappa shape index (κ3) is 7.49. The molecule has 13 aromatic carbocycles. The highest BCUT2D eigenvalue weighted by Crippen LogP contribution is 2.48. The van der Waals surface area contributed by atoms with Crippen LogP contribution < -0.4 is 9.80 Å². The summed E-state index contributed by atoms with van der Waals surface area (Å²) in [6.07, 6.45) is 6.29. The molecule has 0 radical (unpaired) electrons. The van der Waals surface area contributed by atoms with Gasteiger partial charge in [0.1, 0.15) is 44.7 Å². The molecule has 0 N–H and O–H groups in total. The van der Waals surface area contributed by atoms with Gasteiger partial charge in [0.15, 0.2) is 11.2 Å². The Balaban J connectivity index is 0.706. The van der Waals surface area contributed by atoms with E-state index in [4.69, 9.17) is 22.1 Å². The standard InChI is InChI=1S/C80H48N2O5/c1-3-13-51-39-53(25-23-47(51)11-1)49-27-31-55(32-28-49)81(69-19-9-17-63-59-15-5-7-21-71(59)86-79(63)69)57-35-37-61-65-43-77-67(45-75(65)83-73(61)41-57)68-46-76-66(44-78(68)85-77)62-38-36-58(42-74(62)84-76)82(70-20-10-18-64-60-16-6-8-22-72(60)87-80(64)70)56-33-29-50(30-34-56)54-26-24-48-12-2-4-14-52(48)40-54/h1-29,31-33,35-46H,30,34H2. The summed E-state index contributed by atoms with van der Waals surface area (Å²) >= 11 is 0. The molecule has 0 fully saturated rings. The Morgan fingerprint density at radius 2 is 0.667 bits per heavy atom. The van der Waals surface area contributed by atoms with Gasteiger partial charge in [0, 0.05) is 83.1 Å². The molecular weight excluding hydrogens is 1070 g/mol. The maximum Gasteiger partial charge on any atom is 0.159 e. The fourth-order valence-electron chi connectivity index (χ4n) is 13.9. The Bertz CT molecular complexity index is 5980. The molecule has 5 aromatic heterocycles. The van der Waals surface area contributed by atoms with E-state index in [9.17, 15) is 0 Å². The lowest BCUT2D eigenvalue weighted by molar-refractivity contribution is 0.662. The van der Waals surface area contributed by atoms with E-state index in [0.29, 0.717) is 0 Å². The van der Waals surface area contributed by atoms with Gasteiger partial charge in [-0.15, -0.1) is 0 Å². The van der Waals surface area contributed by atoms with Crippen LogP contribution in [0.3, 0.4) is 0 Å². The van der Waals surface area contributed by atoms with Crippen molar-refractivity contribution in [1.82, 2.24) is 0 Å². The van der Waals surface area contributed by atoms with Crippen molar-refractivity contribution in [2.75, 3.05) is 9.80 Å². The zero-order chi connectivity index (χ0) is 56.8. The summed E-state index contributed by atoms with van der Waals surface area (Å²) in [6.45, 7) is 0. The van der Waals surface area contributed by atoms with Crippen molar-refractivity contribution < 1.29 is 22.1 Å². The molecule has 0 bridgehead atoms. The number of benzene rings is 13. The number of nitrogens with zero attached hydrogens (tertiary/aromatic N) is 2. The van der Waals surface area contributed by atoms with Crippen LogP contribution in [0.1, 0.15) is 18.4 Å². The Hall–Kier alpha value is -11.5. The number of anilines is 5. The maximum atomic E-state index is 6.91. The van der Waals surface area contributed by atoms with E-state index in [0.717, 1.165) is 157 Å². The maximum absolute atomic E-state index is 6.91. The molecule has 0 amide bonds. The van der Waals surface area contributed by atoms with Crippen LogP contribution in [0.25, 0.3) is 148 Å². The van der Waals surface area contributed by atoms with E-state index in [1.807, 2.05) is 24.3 Å². The molecule has 1 aliphatic carbocycles. The van der Waals surface area contributed by atoms with Gasteiger partial charge in [-0.2, -0.15) is 0 Å². The monoisotopic (exact) mass is 1120 g/mol. The number of furan rings is 5. The Labute approximate surface area is 496 Å². The summed E-state index contributed by atoms with van der Waals surface area (Å²) in [6, 6.07) is 90.2. The lowest BCUT2D eigenvalue weighted by Crippen LogP contribution is -2.18. The summed E-state index contributed by atoms with van der Waals surface area (Å²) < 4.78 is 34.0. The smallest absolute Gasteiger partial charge is 0.159 e. The Kier molecular flexibility index (Phi) is 10.2. The number of hydrogen-bond acceptors (Lipinski definition) is 7. The topological polar surface area (TPSA) is 72.2 Å². The molecule has 7 nitrogen and oxygen atoms in total. The fraction of sp³-hybridized carbons (Fsp3) is 0.0250. The van der Waals surface area contributed by atoms with E-state index in [1.165, 1.54) is 43.9 Å². The molecule has 0 saturated carbocycles. The van der Waals surface area contributed by atoms with Gasteiger partial charge in [0.2, 0.25) is 0 Å². The fourth-order valence-corrected chi connectivity index (χ4v) is 13.9. The second-order valence-electron chi connectivity index (χ2n) is 23.1. The number of allylic oxidation sites excluding steroid dienone is 4. The van der Waals surface area contributed by atoms with Gasteiger partial charge in [-0.05, 0) is 160 Å². The molecule has 0 atom stereocenters. The molecule has 0 spiro atoms. The van der Waals surface area contributed by atoms with Gasteiger partial charge in [0.25, 0.3) is 0 Å². The van der Waals surface area contributed by atoms with Gasteiger partial charge < -0.3 is 31.9 Å². The van der Waals surface area contributed by atoms with Gasteiger partial charge in [0.05, 0.1) is 17.1 Å². The van der Waals surface area contributed by atoms with E-state index < -0.39 is 0 Å². The van der Waals surface area contributed by atoms with Crippen LogP contribution in [0.2, 0.25) is 0 Å². The highest BCUT2D eigenvalue weighted by atomic mass is 16.3. The number of fused-ring (bicyclic) bond motifs is 17. The van der Waals surface area contributed by atoms with Gasteiger partial charge >= 0.3 is 0 Å². The van der Waals surface area contributed by atoms with Crippen molar-refractivity contribution in [3.63, 3.8) is 0 Å². The predicted octanol–water partition coefficient (Wildman–Crippen LogP) is 23.5. The van der Waals surface area contributed by atoms with Crippen molar-refractivity contribution in [2.24, 2.45) is 0 Å². The Morgan fingerprint density at radius 1 is 0.241 bits per heavy atom. The zero-order valence-electron chi connectivity index (χ0n) is 46.8. The van der Waals surface area contributed by atoms with Crippen LogP contribution >= 0.6 is 0 Å². The first kappa shape index (κ1) is 47.9. The number of hydrogen-bond donors (Lipinski definition) is 0. The SMILES string of the molecule is C1=C(c2ccc3ccccc3c2)CCC(N(c2ccc3c(c2)oc2cc4c(cc23)oc2cc3c(cc24)oc2cc(N(c4ccc(-c5ccc6ccccc6c5)cc4)c4cccc5c4oc4ccccc45)ccc23)c2cccc3c2oc2ccccc23)=C1. The van der Waals surface area contributed by atoms with Crippen molar-refractivity contribution in [2.45, 2.75) is 12.8 Å². The van der Waals surface area contributed by atoms with Crippen LogP contribution in [-0.2, 0) is 0 Å². The van der Waals surface area contributed by atoms with Crippen LogP contribution in [-0.4, -0.2) is 0 Å². The van der Waals surface area contributed by atoms with E-state index in [2.05, 4.69) is 252 Å². The molecule has 87 heavy (non-hydrogen) atoms. The van der Waals surface area contributed by atoms with Crippen molar-refractivity contribution >= 4 is 165 Å². The largest absolute Gasteiger partial charge is 0.456 e. The first-order valence-corrected chi connectivity index (χ1v) is 29.6. The number of rotatable bonds is 8. The van der Waals surface area contributed by atoms with Gasteiger partial charge in [-0.25, -0.2) is 0 Å². The molecule has 408 valence electrons. The predicted molar refractivity (Wildman–Crippen MR) is 358 cm³/mol. The van der Waals surface area contributed by atoms with Crippen molar-refractivity contribution in [3.05, 3.63) is 278 Å². The summed E-state index contributed by atoms with van der Waals surface area (Å²) in [5.74, 6) is 0. The lowest BCUT2D eigenvalue weighted by atomic mass is 9.93.